The molecule has 20 heavy (non-hydrogen) atoms. The molecule has 1 saturated carbocycles. The fourth-order valence-electron chi connectivity index (χ4n) is 3.30. The third kappa shape index (κ3) is 3.82. The molecule has 2 rings (SSSR count). The highest BCUT2D eigenvalue weighted by atomic mass is 19.1. The molecule has 1 N–H and O–H groups in total. The first-order chi connectivity index (χ1) is 9.47. The Morgan fingerprint density at radius 3 is 2.25 bits per heavy atom. The summed E-state index contributed by atoms with van der Waals surface area (Å²) in [5.74, 6) is 1.99. The standard InChI is InChI=1S/C18H28FN/c1-12(2)18(15-6-8-16(19)9-7-15)20-17-10-5-13(3)14(4)11-17/h6-9,12-14,17-18,20H,5,10-11H2,1-4H3. The number of halogens is 1. The van der Waals surface area contributed by atoms with Crippen molar-refractivity contribution in [1.82, 2.24) is 5.32 Å². The molecule has 1 aliphatic carbocycles. The van der Waals surface area contributed by atoms with Crippen molar-refractivity contribution in [2.45, 2.75) is 59.0 Å². The molecule has 1 fully saturated rings. The fraction of sp³-hybridized carbons (Fsp3) is 0.667. The first-order valence-corrected chi connectivity index (χ1v) is 7.99. The SMILES string of the molecule is CC(C)C(NC1CCC(C)C(C)C1)c1ccc(F)cc1. The van der Waals surface area contributed by atoms with Gasteiger partial charge < -0.3 is 5.32 Å². The van der Waals surface area contributed by atoms with Crippen molar-refractivity contribution in [3.05, 3.63) is 35.6 Å². The highest BCUT2D eigenvalue weighted by Gasteiger charge is 2.27. The molecule has 4 atom stereocenters. The molecule has 1 aliphatic rings. The van der Waals surface area contributed by atoms with Gasteiger partial charge in [0.2, 0.25) is 0 Å². The van der Waals surface area contributed by atoms with Gasteiger partial charge in [-0.1, -0.05) is 39.8 Å². The average molecular weight is 277 g/mol. The minimum Gasteiger partial charge on any atom is -0.307 e. The van der Waals surface area contributed by atoms with Gasteiger partial charge in [-0.3, -0.25) is 0 Å². The van der Waals surface area contributed by atoms with Crippen LogP contribution in [0.5, 0.6) is 0 Å². The summed E-state index contributed by atoms with van der Waals surface area (Å²) in [5.41, 5.74) is 1.20. The third-order valence-electron chi connectivity index (χ3n) is 4.91. The summed E-state index contributed by atoms with van der Waals surface area (Å²) in [6.45, 7) is 9.19. The molecule has 2 heteroatoms. The maximum absolute atomic E-state index is 13.1. The monoisotopic (exact) mass is 277 g/mol. The predicted molar refractivity (Wildman–Crippen MR) is 83.1 cm³/mol. The van der Waals surface area contributed by atoms with E-state index in [1.807, 2.05) is 12.1 Å². The summed E-state index contributed by atoms with van der Waals surface area (Å²) in [4.78, 5) is 0. The first kappa shape index (κ1) is 15.5. The van der Waals surface area contributed by atoms with Gasteiger partial charge in [0.15, 0.2) is 0 Å². The van der Waals surface area contributed by atoms with E-state index in [0.29, 0.717) is 18.0 Å². The molecular weight excluding hydrogens is 249 g/mol. The molecule has 0 aliphatic heterocycles. The minimum atomic E-state index is -0.156. The predicted octanol–water partition coefficient (Wildman–Crippen LogP) is 4.94. The topological polar surface area (TPSA) is 12.0 Å². The zero-order valence-corrected chi connectivity index (χ0v) is 13.2. The van der Waals surface area contributed by atoms with Crippen LogP contribution in [0, 0.1) is 23.6 Å². The smallest absolute Gasteiger partial charge is 0.123 e. The summed E-state index contributed by atoms with van der Waals surface area (Å²) >= 11 is 0. The Hall–Kier alpha value is -0.890. The van der Waals surface area contributed by atoms with Crippen molar-refractivity contribution < 1.29 is 4.39 Å². The van der Waals surface area contributed by atoms with Crippen LogP contribution in [-0.4, -0.2) is 6.04 Å². The number of rotatable bonds is 4. The summed E-state index contributed by atoms with van der Waals surface area (Å²) in [7, 11) is 0. The van der Waals surface area contributed by atoms with E-state index in [9.17, 15) is 4.39 Å². The Balaban J connectivity index is 2.04. The molecule has 0 aromatic heterocycles. The van der Waals surface area contributed by atoms with E-state index < -0.39 is 0 Å². The second-order valence-electron chi connectivity index (χ2n) is 6.90. The van der Waals surface area contributed by atoms with Crippen LogP contribution in [0.4, 0.5) is 4.39 Å². The van der Waals surface area contributed by atoms with E-state index in [-0.39, 0.29) is 5.82 Å². The highest BCUT2D eigenvalue weighted by molar-refractivity contribution is 5.20. The van der Waals surface area contributed by atoms with Gasteiger partial charge in [-0.25, -0.2) is 4.39 Å². The largest absolute Gasteiger partial charge is 0.307 e. The number of nitrogens with one attached hydrogen (secondary N) is 1. The Morgan fingerprint density at radius 1 is 1.05 bits per heavy atom. The zero-order chi connectivity index (χ0) is 14.7. The lowest BCUT2D eigenvalue weighted by Crippen LogP contribution is -2.40. The number of hydrogen-bond acceptors (Lipinski definition) is 1. The molecule has 0 spiro atoms. The second-order valence-corrected chi connectivity index (χ2v) is 6.90. The van der Waals surface area contributed by atoms with Crippen LogP contribution in [0.15, 0.2) is 24.3 Å². The van der Waals surface area contributed by atoms with Crippen LogP contribution < -0.4 is 5.32 Å². The summed E-state index contributed by atoms with van der Waals surface area (Å²) in [5, 5.41) is 3.82. The molecule has 0 bridgehead atoms. The summed E-state index contributed by atoms with van der Waals surface area (Å²) < 4.78 is 13.1. The normalized spacial score (nSPS) is 28.6. The van der Waals surface area contributed by atoms with Crippen molar-refractivity contribution in [3.8, 4) is 0 Å². The van der Waals surface area contributed by atoms with E-state index in [1.165, 1.54) is 24.8 Å². The van der Waals surface area contributed by atoms with Gasteiger partial charge in [0, 0.05) is 12.1 Å². The second kappa shape index (κ2) is 6.71. The van der Waals surface area contributed by atoms with Gasteiger partial charge in [0.25, 0.3) is 0 Å². The molecule has 112 valence electrons. The Kier molecular flexibility index (Phi) is 5.20. The molecule has 1 aromatic rings. The molecular formula is C18H28FN. The van der Waals surface area contributed by atoms with Gasteiger partial charge in [-0.05, 0) is 54.7 Å². The van der Waals surface area contributed by atoms with E-state index in [2.05, 4.69) is 33.0 Å². The first-order valence-electron chi connectivity index (χ1n) is 7.99. The molecule has 0 radical (unpaired) electrons. The molecule has 4 unspecified atom stereocenters. The lowest BCUT2D eigenvalue weighted by molar-refractivity contribution is 0.204. The zero-order valence-electron chi connectivity index (χ0n) is 13.2. The molecule has 1 aromatic carbocycles. The lowest BCUT2D eigenvalue weighted by atomic mass is 9.78. The molecule has 0 saturated heterocycles. The molecule has 0 heterocycles. The van der Waals surface area contributed by atoms with Crippen LogP contribution in [-0.2, 0) is 0 Å². The van der Waals surface area contributed by atoms with Gasteiger partial charge in [0.05, 0.1) is 0 Å². The van der Waals surface area contributed by atoms with Crippen molar-refractivity contribution in [2.75, 3.05) is 0 Å². The van der Waals surface area contributed by atoms with E-state index in [4.69, 9.17) is 0 Å². The van der Waals surface area contributed by atoms with Crippen LogP contribution >= 0.6 is 0 Å². The van der Waals surface area contributed by atoms with Gasteiger partial charge in [-0.2, -0.15) is 0 Å². The van der Waals surface area contributed by atoms with Gasteiger partial charge in [-0.15, -0.1) is 0 Å². The number of hydrogen-bond donors (Lipinski definition) is 1. The highest BCUT2D eigenvalue weighted by Crippen LogP contribution is 2.32. The lowest BCUT2D eigenvalue weighted by Gasteiger charge is -2.36. The molecule has 1 nitrogen and oxygen atoms in total. The quantitative estimate of drug-likeness (QED) is 0.822. The fourth-order valence-corrected chi connectivity index (χ4v) is 3.30. The van der Waals surface area contributed by atoms with Gasteiger partial charge in [0.1, 0.15) is 5.82 Å². The summed E-state index contributed by atoms with van der Waals surface area (Å²) in [6.07, 6.45) is 3.83. The van der Waals surface area contributed by atoms with Crippen molar-refractivity contribution >= 4 is 0 Å². The number of benzene rings is 1. The Morgan fingerprint density at radius 2 is 1.70 bits per heavy atom. The van der Waals surface area contributed by atoms with Crippen molar-refractivity contribution in [3.63, 3.8) is 0 Å². The Bertz CT molecular complexity index is 412. The van der Waals surface area contributed by atoms with Crippen LogP contribution in [0.1, 0.15) is 58.6 Å². The van der Waals surface area contributed by atoms with E-state index in [0.717, 1.165) is 11.8 Å². The van der Waals surface area contributed by atoms with E-state index >= 15 is 0 Å². The Labute approximate surface area is 123 Å². The van der Waals surface area contributed by atoms with Crippen molar-refractivity contribution in [2.24, 2.45) is 17.8 Å². The minimum absolute atomic E-state index is 0.156. The average Bonchev–Trinajstić information content (AvgIpc) is 2.41. The van der Waals surface area contributed by atoms with Crippen molar-refractivity contribution in [1.29, 1.82) is 0 Å². The maximum Gasteiger partial charge on any atom is 0.123 e. The van der Waals surface area contributed by atoms with Crippen LogP contribution in [0.3, 0.4) is 0 Å². The molecule has 0 amide bonds. The van der Waals surface area contributed by atoms with Gasteiger partial charge >= 0.3 is 0 Å². The van der Waals surface area contributed by atoms with Crippen LogP contribution in [0.25, 0.3) is 0 Å². The van der Waals surface area contributed by atoms with E-state index in [1.54, 1.807) is 12.1 Å². The van der Waals surface area contributed by atoms with Crippen LogP contribution in [0.2, 0.25) is 0 Å². The third-order valence-corrected chi connectivity index (χ3v) is 4.91. The maximum atomic E-state index is 13.1. The summed E-state index contributed by atoms with van der Waals surface area (Å²) in [6, 6.07) is 7.89.